The van der Waals surface area contributed by atoms with E-state index in [-0.39, 0.29) is 6.04 Å². The lowest BCUT2D eigenvalue weighted by Crippen LogP contribution is -2.56. The van der Waals surface area contributed by atoms with Crippen LogP contribution < -0.4 is 0 Å². The van der Waals surface area contributed by atoms with Crippen molar-refractivity contribution in [3.05, 3.63) is 0 Å². The number of carboxylic acids is 1. The summed E-state index contributed by atoms with van der Waals surface area (Å²) < 4.78 is 28.0. The van der Waals surface area contributed by atoms with Gasteiger partial charge in [0.25, 0.3) is 10.2 Å². The molecular formula is C12H22N2O4S. The molecule has 2 saturated heterocycles. The van der Waals surface area contributed by atoms with Gasteiger partial charge >= 0.3 is 5.97 Å². The molecule has 2 heterocycles. The van der Waals surface area contributed by atoms with Crippen LogP contribution in [0.3, 0.4) is 0 Å². The fraction of sp³-hybridized carbons (Fsp3) is 0.917. The van der Waals surface area contributed by atoms with Crippen LogP contribution in [0.1, 0.15) is 45.4 Å². The summed E-state index contributed by atoms with van der Waals surface area (Å²) in [6.07, 6.45) is 4.68. The third-order valence-electron chi connectivity index (χ3n) is 4.07. The third-order valence-corrected chi connectivity index (χ3v) is 6.24. The number of nitrogens with zero attached hydrogens (tertiary/aromatic N) is 2. The number of piperidine rings is 2. The summed E-state index contributed by atoms with van der Waals surface area (Å²) in [6, 6.07) is -0.928. The van der Waals surface area contributed by atoms with Gasteiger partial charge in [-0.1, -0.05) is 6.42 Å². The Morgan fingerprint density at radius 1 is 1.05 bits per heavy atom. The van der Waals surface area contributed by atoms with E-state index in [0.717, 1.165) is 32.1 Å². The molecule has 0 aromatic rings. The molecule has 6 nitrogen and oxygen atoms in total. The first-order chi connectivity index (χ1) is 8.94. The zero-order chi connectivity index (χ0) is 14.0. The quantitative estimate of drug-likeness (QED) is 0.842. The Hall–Kier alpha value is -0.660. The molecule has 2 fully saturated rings. The van der Waals surface area contributed by atoms with Gasteiger partial charge in [-0.2, -0.15) is 17.0 Å². The van der Waals surface area contributed by atoms with Crippen molar-refractivity contribution in [1.29, 1.82) is 0 Å². The molecule has 1 N–H and O–H groups in total. The van der Waals surface area contributed by atoms with E-state index in [4.69, 9.17) is 0 Å². The van der Waals surface area contributed by atoms with E-state index >= 15 is 0 Å². The smallest absolute Gasteiger partial charge is 0.322 e. The molecule has 19 heavy (non-hydrogen) atoms. The summed E-state index contributed by atoms with van der Waals surface area (Å²) in [7, 11) is -3.64. The van der Waals surface area contributed by atoms with Crippen LogP contribution in [0.2, 0.25) is 0 Å². The molecule has 0 amide bonds. The molecule has 0 spiro atoms. The number of hydrogen-bond donors (Lipinski definition) is 1. The van der Waals surface area contributed by atoms with Crippen LogP contribution in [-0.2, 0) is 15.0 Å². The van der Waals surface area contributed by atoms with Gasteiger partial charge in [0, 0.05) is 19.1 Å². The van der Waals surface area contributed by atoms with Crippen molar-refractivity contribution in [2.45, 2.75) is 57.5 Å². The van der Waals surface area contributed by atoms with Crippen molar-refractivity contribution < 1.29 is 18.3 Å². The molecule has 0 aliphatic carbocycles. The Kier molecular flexibility index (Phi) is 4.47. The van der Waals surface area contributed by atoms with Crippen LogP contribution in [0, 0.1) is 0 Å². The fourth-order valence-electron chi connectivity index (χ4n) is 2.98. The molecule has 0 saturated carbocycles. The Bertz CT molecular complexity index is 437. The lowest BCUT2D eigenvalue weighted by Gasteiger charge is -2.39. The van der Waals surface area contributed by atoms with Gasteiger partial charge in [0.15, 0.2) is 0 Å². The molecule has 7 heteroatoms. The van der Waals surface area contributed by atoms with Gasteiger partial charge in [-0.3, -0.25) is 4.79 Å². The Morgan fingerprint density at radius 3 is 2.21 bits per heavy atom. The maximum Gasteiger partial charge on any atom is 0.322 e. The van der Waals surface area contributed by atoms with Crippen molar-refractivity contribution in [1.82, 2.24) is 8.61 Å². The van der Waals surface area contributed by atoms with Gasteiger partial charge in [0.05, 0.1) is 0 Å². The molecular weight excluding hydrogens is 268 g/mol. The number of carboxylic acid groups (broad SMARTS) is 1. The standard InChI is InChI=1S/C12H22N2O4S/c1-10-6-2-4-8-13(10)19(17,18)14-9-5-3-7-11(14)12(15)16/h10-11H,2-9H2,1H3,(H,15,16)/t10?,11-/m0/s1. The van der Waals surface area contributed by atoms with Crippen LogP contribution in [0.25, 0.3) is 0 Å². The van der Waals surface area contributed by atoms with Crippen LogP contribution >= 0.6 is 0 Å². The Morgan fingerprint density at radius 2 is 1.63 bits per heavy atom. The van der Waals surface area contributed by atoms with Gasteiger partial charge in [-0.15, -0.1) is 0 Å². The van der Waals surface area contributed by atoms with Crippen molar-refractivity contribution in [2.75, 3.05) is 13.1 Å². The van der Waals surface area contributed by atoms with Crippen molar-refractivity contribution in [3.8, 4) is 0 Å². The molecule has 2 aliphatic heterocycles. The number of hydrogen-bond acceptors (Lipinski definition) is 3. The zero-order valence-corrected chi connectivity index (χ0v) is 12.1. The average molecular weight is 290 g/mol. The largest absolute Gasteiger partial charge is 0.480 e. The highest BCUT2D eigenvalue weighted by Crippen LogP contribution is 2.27. The lowest BCUT2D eigenvalue weighted by atomic mass is 10.1. The molecule has 1 unspecified atom stereocenters. The molecule has 0 aromatic carbocycles. The van der Waals surface area contributed by atoms with Gasteiger partial charge in [0.1, 0.15) is 6.04 Å². The second-order valence-corrected chi connectivity index (χ2v) is 7.26. The highest BCUT2D eigenvalue weighted by molar-refractivity contribution is 7.86. The zero-order valence-electron chi connectivity index (χ0n) is 11.3. The van der Waals surface area contributed by atoms with E-state index in [1.807, 2.05) is 6.92 Å². The van der Waals surface area contributed by atoms with Gasteiger partial charge in [0.2, 0.25) is 0 Å². The number of rotatable bonds is 3. The molecule has 0 bridgehead atoms. The molecule has 110 valence electrons. The van der Waals surface area contributed by atoms with Crippen molar-refractivity contribution in [3.63, 3.8) is 0 Å². The minimum absolute atomic E-state index is 0.0323. The minimum Gasteiger partial charge on any atom is -0.480 e. The third kappa shape index (κ3) is 2.93. The van der Waals surface area contributed by atoms with Crippen molar-refractivity contribution >= 4 is 16.2 Å². The average Bonchev–Trinajstić information content (AvgIpc) is 2.39. The highest BCUT2D eigenvalue weighted by atomic mass is 32.2. The fourth-order valence-corrected chi connectivity index (χ4v) is 5.04. The SMILES string of the molecule is CC1CCCCN1S(=O)(=O)N1CCCC[C@H]1C(=O)O. The predicted octanol–water partition coefficient (Wildman–Crippen LogP) is 1.04. The minimum atomic E-state index is -3.64. The highest BCUT2D eigenvalue weighted by Gasteiger charge is 2.41. The van der Waals surface area contributed by atoms with E-state index in [9.17, 15) is 18.3 Å². The van der Waals surface area contributed by atoms with Crippen molar-refractivity contribution in [2.24, 2.45) is 0 Å². The summed E-state index contributed by atoms with van der Waals surface area (Å²) in [5, 5.41) is 9.21. The van der Waals surface area contributed by atoms with Crippen LogP contribution in [0.15, 0.2) is 0 Å². The molecule has 2 rings (SSSR count). The summed E-state index contributed by atoms with van der Waals surface area (Å²) in [6.45, 7) is 2.73. The topological polar surface area (TPSA) is 77.9 Å². The predicted molar refractivity (Wildman–Crippen MR) is 70.9 cm³/mol. The maximum atomic E-state index is 12.7. The van der Waals surface area contributed by atoms with Gasteiger partial charge in [-0.25, -0.2) is 0 Å². The monoisotopic (exact) mass is 290 g/mol. The first kappa shape index (κ1) is 14.7. The van der Waals surface area contributed by atoms with Crippen LogP contribution in [0.4, 0.5) is 0 Å². The summed E-state index contributed by atoms with van der Waals surface area (Å²) in [4.78, 5) is 11.3. The summed E-state index contributed by atoms with van der Waals surface area (Å²) in [5.74, 6) is -1.03. The second-order valence-electron chi connectivity index (χ2n) is 5.42. The molecule has 0 radical (unpaired) electrons. The van der Waals surface area contributed by atoms with E-state index in [1.165, 1.54) is 8.61 Å². The second kappa shape index (κ2) is 5.76. The summed E-state index contributed by atoms with van der Waals surface area (Å²) >= 11 is 0. The summed E-state index contributed by atoms with van der Waals surface area (Å²) in [5.41, 5.74) is 0. The first-order valence-electron chi connectivity index (χ1n) is 6.96. The van der Waals surface area contributed by atoms with E-state index in [2.05, 4.69) is 0 Å². The Labute approximate surface area is 114 Å². The van der Waals surface area contributed by atoms with E-state index in [1.54, 1.807) is 0 Å². The van der Waals surface area contributed by atoms with Crippen LogP contribution in [-0.4, -0.2) is 53.3 Å². The molecule has 0 aromatic heterocycles. The molecule has 2 atom stereocenters. The van der Waals surface area contributed by atoms with E-state index in [0.29, 0.717) is 19.5 Å². The number of carbonyl (C=O) groups is 1. The van der Waals surface area contributed by atoms with E-state index < -0.39 is 22.2 Å². The molecule has 2 aliphatic rings. The van der Waals surface area contributed by atoms with Crippen LogP contribution in [0.5, 0.6) is 0 Å². The number of aliphatic carboxylic acids is 1. The lowest BCUT2D eigenvalue weighted by molar-refractivity contribution is -0.142. The van der Waals surface area contributed by atoms with Gasteiger partial charge < -0.3 is 5.11 Å². The van der Waals surface area contributed by atoms with Gasteiger partial charge in [-0.05, 0) is 39.0 Å². The Balaban J connectivity index is 2.23. The first-order valence-corrected chi connectivity index (χ1v) is 8.35. The maximum absolute atomic E-state index is 12.7. The normalized spacial score (nSPS) is 31.2.